The maximum absolute atomic E-state index is 13.4. The summed E-state index contributed by atoms with van der Waals surface area (Å²) in [6.45, 7) is 0. The zero-order valence-electron chi connectivity index (χ0n) is 16.4. The molecule has 0 fully saturated rings. The van der Waals surface area contributed by atoms with E-state index in [1.165, 1.54) is 17.1 Å². The monoisotopic (exact) mass is 408 g/mol. The third-order valence-electron chi connectivity index (χ3n) is 5.00. The number of halogens is 1. The first-order valence-electron chi connectivity index (χ1n) is 9.84. The second-order valence-corrected chi connectivity index (χ2v) is 7.11. The Morgan fingerprint density at radius 1 is 0.710 bits per heavy atom. The minimum atomic E-state index is -0.326. The number of hydrogen-bond acceptors (Lipinski definition) is 4. The van der Waals surface area contributed by atoms with Crippen molar-refractivity contribution in [3.05, 3.63) is 102 Å². The molecule has 1 amide bonds. The van der Waals surface area contributed by atoms with Gasteiger partial charge in [0.05, 0.1) is 23.5 Å². The van der Waals surface area contributed by atoms with Gasteiger partial charge in [0.15, 0.2) is 0 Å². The lowest BCUT2D eigenvalue weighted by Gasteiger charge is -2.13. The molecule has 0 bridgehead atoms. The fraction of sp³-hybridized carbons (Fsp3) is 0.0400. The molecule has 3 aromatic carbocycles. The number of benzene rings is 3. The van der Waals surface area contributed by atoms with Gasteiger partial charge in [0.25, 0.3) is 11.9 Å². The zero-order valence-corrected chi connectivity index (χ0v) is 16.4. The molecule has 0 aliphatic carbocycles. The summed E-state index contributed by atoms with van der Waals surface area (Å²) >= 11 is 0. The summed E-state index contributed by atoms with van der Waals surface area (Å²) in [5.74, 6) is -0.334. The molecule has 5 nitrogen and oxygen atoms in total. The third kappa shape index (κ3) is 3.83. The van der Waals surface area contributed by atoms with E-state index in [9.17, 15) is 9.18 Å². The van der Waals surface area contributed by atoms with Crippen LogP contribution in [0, 0.1) is 5.82 Å². The molecular formula is C25H17FN4O. The minimum Gasteiger partial charge on any atom is -0.272 e. The second kappa shape index (κ2) is 7.91. The van der Waals surface area contributed by atoms with E-state index in [1.807, 2.05) is 66.7 Å². The van der Waals surface area contributed by atoms with Crippen molar-refractivity contribution in [2.45, 2.75) is 6.42 Å². The highest BCUT2D eigenvalue weighted by Gasteiger charge is 2.29. The molecule has 5 rings (SSSR count). The van der Waals surface area contributed by atoms with E-state index < -0.39 is 0 Å². The fourth-order valence-electron chi connectivity index (χ4n) is 3.43. The number of aromatic nitrogens is 2. The van der Waals surface area contributed by atoms with Crippen LogP contribution >= 0.6 is 0 Å². The van der Waals surface area contributed by atoms with E-state index in [-0.39, 0.29) is 24.1 Å². The van der Waals surface area contributed by atoms with Crippen LogP contribution < -0.4 is 5.01 Å². The highest BCUT2D eigenvalue weighted by atomic mass is 19.1. The minimum absolute atomic E-state index is 0.175. The van der Waals surface area contributed by atoms with Crippen molar-refractivity contribution < 1.29 is 9.18 Å². The molecule has 0 saturated heterocycles. The summed E-state index contributed by atoms with van der Waals surface area (Å²) in [5, 5.41) is 5.76. The summed E-state index contributed by atoms with van der Waals surface area (Å²) in [6.07, 6.45) is 0.175. The summed E-state index contributed by atoms with van der Waals surface area (Å²) < 4.78 is 13.4. The summed E-state index contributed by atoms with van der Waals surface area (Å²) in [5.41, 5.74) is 4.40. The van der Waals surface area contributed by atoms with Gasteiger partial charge in [0.1, 0.15) is 5.82 Å². The van der Waals surface area contributed by atoms with Gasteiger partial charge in [-0.2, -0.15) is 10.1 Å². The van der Waals surface area contributed by atoms with Crippen molar-refractivity contribution in [1.29, 1.82) is 0 Å². The Morgan fingerprint density at radius 3 is 1.87 bits per heavy atom. The number of rotatable bonds is 4. The molecule has 1 aliphatic rings. The van der Waals surface area contributed by atoms with Crippen molar-refractivity contribution in [1.82, 2.24) is 9.97 Å². The number of amides is 1. The van der Waals surface area contributed by atoms with Gasteiger partial charge < -0.3 is 0 Å². The molecule has 31 heavy (non-hydrogen) atoms. The molecule has 0 spiro atoms. The summed E-state index contributed by atoms with van der Waals surface area (Å²) in [7, 11) is 0. The smallest absolute Gasteiger partial charge is 0.256 e. The molecule has 0 unspecified atom stereocenters. The number of hydrogen-bond donors (Lipinski definition) is 0. The van der Waals surface area contributed by atoms with Crippen LogP contribution in [0.25, 0.3) is 22.5 Å². The lowest BCUT2D eigenvalue weighted by molar-refractivity contribution is -0.117. The van der Waals surface area contributed by atoms with Crippen molar-refractivity contribution >= 4 is 17.6 Å². The topological polar surface area (TPSA) is 58.5 Å². The normalized spacial score (nSPS) is 13.4. The van der Waals surface area contributed by atoms with Gasteiger partial charge in [0.2, 0.25) is 0 Å². The van der Waals surface area contributed by atoms with Crippen LogP contribution in [-0.4, -0.2) is 21.6 Å². The molecular weight excluding hydrogens is 391 g/mol. The third-order valence-corrected chi connectivity index (χ3v) is 5.00. The van der Waals surface area contributed by atoms with E-state index >= 15 is 0 Å². The first-order chi connectivity index (χ1) is 15.2. The number of carbonyl (C=O) groups excluding carboxylic acids is 1. The van der Waals surface area contributed by atoms with Gasteiger partial charge in [-0.3, -0.25) is 4.79 Å². The molecule has 150 valence electrons. The average Bonchev–Trinajstić information content (AvgIpc) is 3.22. The molecule has 0 radical (unpaired) electrons. The average molecular weight is 408 g/mol. The molecule has 6 heteroatoms. The molecule has 0 atom stereocenters. The van der Waals surface area contributed by atoms with E-state index in [2.05, 4.69) is 15.1 Å². The number of nitrogens with zero attached hydrogens (tertiary/aromatic N) is 4. The van der Waals surface area contributed by atoms with Gasteiger partial charge in [0, 0.05) is 11.1 Å². The van der Waals surface area contributed by atoms with Gasteiger partial charge in [-0.1, -0.05) is 60.7 Å². The Kier molecular flexibility index (Phi) is 4.80. The molecule has 0 N–H and O–H groups in total. The van der Waals surface area contributed by atoms with Crippen molar-refractivity contribution in [3.8, 4) is 22.5 Å². The molecule has 1 aliphatic heterocycles. The largest absolute Gasteiger partial charge is 0.272 e. The van der Waals surface area contributed by atoms with E-state index in [0.717, 1.165) is 16.7 Å². The maximum atomic E-state index is 13.4. The quantitative estimate of drug-likeness (QED) is 0.473. The zero-order chi connectivity index (χ0) is 21.2. The van der Waals surface area contributed by atoms with Crippen LogP contribution in [0.4, 0.5) is 10.3 Å². The summed E-state index contributed by atoms with van der Waals surface area (Å²) in [6, 6.07) is 27.1. The Labute approximate surface area is 178 Å². The van der Waals surface area contributed by atoms with Crippen LogP contribution in [-0.2, 0) is 4.79 Å². The van der Waals surface area contributed by atoms with Crippen LogP contribution in [0.5, 0.6) is 0 Å². The SMILES string of the molecule is O=C1CC(c2ccccc2)=NN1c1nc(-c2ccccc2)cc(-c2ccc(F)cc2)n1. The lowest BCUT2D eigenvalue weighted by atomic mass is 10.1. The standard InChI is InChI=1S/C25H17FN4O/c26-20-13-11-19(12-14-20)22-15-21(17-7-3-1-4-8-17)27-25(28-22)30-24(31)16-23(29-30)18-9-5-2-6-10-18/h1-15H,16H2. The van der Waals surface area contributed by atoms with Crippen molar-refractivity contribution in [2.24, 2.45) is 5.10 Å². The van der Waals surface area contributed by atoms with Gasteiger partial charge >= 0.3 is 0 Å². The molecule has 1 aromatic heterocycles. The number of anilines is 1. The maximum Gasteiger partial charge on any atom is 0.256 e. The summed E-state index contributed by atoms with van der Waals surface area (Å²) in [4.78, 5) is 22.0. The highest BCUT2D eigenvalue weighted by Crippen LogP contribution is 2.28. The fourth-order valence-corrected chi connectivity index (χ4v) is 3.43. The van der Waals surface area contributed by atoms with E-state index in [4.69, 9.17) is 0 Å². The predicted molar refractivity (Wildman–Crippen MR) is 118 cm³/mol. The first kappa shape index (κ1) is 18.8. The van der Waals surface area contributed by atoms with Crippen LogP contribution in [0.2, 0.25) is 0 Å². The molecule has 2 heterocycles. The Balaban J connectivity index is 1.62. The second-order valence-electron chi connectivity index (χ2n) is 7.11. The highest BCUT2D eigenvalue weighted by molar-refractivity contribution is 6.18. The molecule has 4 aromatic rings. The van der Waals surface area contributed by atoms with E-state index in [0.29, 0.717) is 17.1 Å². The van der Waals surface area contributed by atoms with Crippen molar-refractivity contribution in [2.75, 3.05) is 5.01 Å². The van der Waals surface area contributed by atoms with Gasteiger partial charge in [-0.25, -0.2) is 14.4 Å². The first-order valence-corrected chi connectivity index (χ1v) is 9.84. The Bertz CT molecular complexity index is 1270. The predicted octanol–water partition coefficient (Wildman–Crippen LogP) is 5.09. The van der Waals surface area contributed by atoms with Gasteiger partial charge in [-0.15, -0.1) is 0 Å². The Hall–Kier alpha value is -4.19. The lowest BCUT2D eigenvalue weighted by Crippen LogP contribution is -2.22. The van der Waals surface area contributed by atoms with Crippen molar-refractivity contribution in [3.63, 3.8) is 0 Å². The Morgan fingerprint density at radius 2 is 1.26 bits per heavy atom. The van der Waals surface area contributed by atoms with Crippen LogP contribution in [0.1, 0.15) is 12.0 Å². The molecule has 0 saturated carbocycles. The van der Waals surface area contributed by atoms with Gasteiger partial charge in [-0.05, 0) is 35.9 Å². The van der Waals surface area contributed by atoms with E-state index in [1.54, 1.807) is 12.1 Å². The number of carbonyl (C=O) groups is 1. The number of hydrazone groups is 1. The van der Waals surface area contributed by atoms with Crippen LogP contribution in [0.15, 0.2) is 96.1 Å². The van der Waals surface area contributed by atoms with Crippen LogP contribution in [0.3, 0.4) is 0 Å².